The number of sulfone groups is 1. The highest BCUT2D eigenvalue weighted by Crippen LogP contribution is 2.29. The van der Waals surface area contributed by atoms with E-state index >= 15 is 0 Å². The van der Waals surface area contributed by atoms with Gasteiger partial charge in [-0.15, -0.1) is 0 Å². The molecule has 0 radical (unpaired) electrons. The lowest BCUT2D eigenvalue weighted by Crippen LogP contribution is -2.41. The zero-order valence-electron chi connectivity index (χ0n) is 7.29. The molecule has 1 N–H and O–H groups in total. The van der Waals surface area contributed by atoms with Crippen LogP contribution in [0.1, 0.15) is 19.8 Å². The molecule has 3 atom stereocenters. The van der Waals surface area contributed by atoms with Gasteiger partial charge in [0.15, 0.2) is 9.84 Å². The molecule has 0 bridgehead atoms. The summed E-state index contributed by atoms with van der Waals surface area (Å²) in [7, 11) is -2.72. The van der Waals surface area contributed by atoms with E-state index in [2.05, 4.69) is 12.2 Å². The molecule has 0 spiro atoms. The van der Waals surface area contributed by atoms with Crippen molar-refractivity contribution in [3.8, 4) is 0 Å². The number of rotatable bonds is 0. The Morgan fingerprint density at radius 2 is 2.17 bits per heavy atom. The van der Waals surface area contributed by atoms with Crippen LogP contribution in [0.15, 0.2) is 0 Å². The van der Waals surface area contributed by atoms with Gasteiger partial charge in [-0.05, 0) is 25.7 Å². The highest BCUT2D eigenvalue weighted by atomic mass is 32.2. The average molecular weight is 189 g/mol. The Hall–Kier alpha value is -0.0900. The smallest absolute Gasteiger partial charge is 0.151 e. The van der Waals surface area contributed by atoms with E-state index in [4.69, 9.17) is 0 Å². The number of fused-ring (bicyclic) bond motifs is 1. The molecule has 0 saturated carbocycles. The largest absolute Gasteiger partial charge is 0.310 e. The molecule has 0 aromatic rings. The van der Waals surface area contributed by atoms with Crippen LogP contribution >= 0.6 is 0 Å². The normalized spacial score (nSPS) is 45.6. The van der Waals surface area contributed by atoms with Crippen LogP contribution in [0.3, 0.4) is 0 Å². The molecule has 3 nitrogen and oxygen atoms in total. The topological polar surface area (TPSA) is 46.2 Å². The molecule has 0 aromatic carbocycles. The SMILES string of the molecule is CC1CC2CCS(=O)(=O)CC2N1. The maximum atomic E-state index is 11.3. The van der Waals surface area contributed by atoms with Gasteiger partial charge in [0, 0.05) is 12.1 Å². The first kappa shape index (κ1) is 8.51. The van der Waals surface area contributed by atoms with Crippen LogP contribution in [0, 0.1) is 5.92 Å². The van der Waals surface area contributed by atoms with Crippen LogP contribution in [-0.2, 0) is 9.84 Å². The van der Waals surface area contributed by atoms with Crippen molar-refractivity contribution in [2.24, 2.45) is 5.92 Å². The number of hydrogen-bond acceptors (Lipinski definition) is 3. The van der Waals surface area contributed by atoms with Gasteiger partial charge >= 0.3 is 0 Å². The van der Waals surface area contributed by atoms with Crippen molar-refractivity contribution >= 4 is 9.84 Å². The highest BCUT2D eigenvalue weighted by molar-refractivity contribution is 7.91. The van der Waals surface area contributed by atoms with E-state index in [1.165, 1.54) is 0 Å². The lowest BCUT2D eigenvalue weighted by molar-refractivity contribution is 0.437. The van der Waals surface area contributed by atoms with Gasteiger partial charge in [0.1, 0.15) is 0 Å². The van der Waals surface area contributed by atoms with E-state index in [9.17, 15) is 8.42 Å². The molecule has 4 heteroatoms. The predicted octanol–water partition coefficient (Wildman–Crippen LogP) is 0.172. The molecule has 2 fully saturated rings. The van der Waals surface area contributed by atoms with E-state index in [1.54, 1.807) is 0 Å². The van der Waals surface area contributed by atoms with E-state index in [-0.39, 0.29) is 6.04 Å². The second-order valence-corrected chi connectivity index (χ2v) is 6.30. The first-order valence-corrected chi connectivity index (χ1v) is 6.35. The molecule has 2 saturated heterocycles. The minimum absolute atomic E-state index is 0.249. The summed E-state index contributed by atoms with van der Waals surface area (Å²) in [6.07, 6.45) is 2.02. The lowest BCUT2D eigenvalue weighted by Gasteiger charge is -2.24. The molecule has 2 aliphatic heterocycles. The summed E-state index contributed by atoms with van der Waals surface area (Å²) in [5, 5.41) is 3.33. The Balaban J connectivity index is 2.12. The zero-order chi connectivity index (χ0) is 8.77. The van der Waals surface area contributed by atoms with Crippen LogP contribution in [0.5, 0.6) is 0 Å². The fourth-order valence-corrected chi connectivity index (χ4v) is 4.12. The Morgan fingerprint density at radius 3 is 2.92 bits per heavy atom. The summed E-state index contributed by atoms with van der Waals surface area (Å²) >= 11 is 0. The summed E-state index contributed by atoms with van der Waals surface area (Å²) in [6, 6.07) is 0.757. The van der Waals surface area contributed by atoms with Gasteiger partial charge in [0.05, 0.1) is 11.5 Å². The Bertz CT molecular complexity index is 273. The highest BCUT2D eigenvalue weighted by Gasteiger charge is 2.38. The van der Waals surface area contributed by atoms with Crippen LogP contribution in [0.4, 0.5) is 0 Å². The Labute approximate surface area is 73.5 Å². The van der Waals surface area contributed by atoms with Crippen LogP contribution in [0.25, 0.3) is 0 Å². The van der Waals surface area contributed by atoms with Gasteiger partial charge in [-0.3, -0.25) is 0 Å². The van der Waals surface area contributed by atoms with E-state index in [1.807, 2.05) is 0 Å². The van der Waals surface area contributed by atoms with Gasteiger partial charge in [-0.1, -0.05) is 0 Å². The third-order valence-electron chi connectivity index (χ3n) is 2.96. The first-order chi connectivity index (χ1) is 5.57. The molecule has 70 valence electrons. The zero-order valence-corrected chi connectivity index (χ0v) is 8.10. The Morgan fingerprint density at radius 1 is 1.42 bits per heavy atom. The molecular weight excluding hydrogens is 174 g/mol. The molecule has 0 aliphatic carbocycles. The van der Waals surface area contributed by atoms with Crippen molar-refractivity contribution < 1.29 is 8.42 Å². The van der Waals surface area contributed by atoms with Crippen LogP contribution in [-0.4, -0.2) is 32.0 Å². The van der Waals surface area contributed by atoms with Gasteiger partial charge in [-0.2, -0.15) is 0 Å². The Kier molecular flexibility index (Phi) is 1.92. The first-order valence-electron chi connectivity index (χ1n) is 4.53. The predicted molar refractivity (Wildman–Crippen MR) is 47.8 cm³/mol. The fourth-order valence-electron chi connectivity index (χ4n) is 2.38. The molecule has 0 aromatic heterocycles. The van der Waals surface area contributed by atoms with Crippen molar-refractivity contribution in [3.63, 3.8) is 0 Å². The summed E-state index contributed by atoms with van der Waals surface area (Å²) in [5.41, 5.74) is 0. The molecule has 2 heterocycles. The maximum absolute atomic E-state index is 11.3. The molecular formula is C8H15NO2S. The molecule has 2 aliphatic rings. The number of nitrogens with one attached hydrogen (secondary N) is 1. The van der Waals surface area contributed by atoms with Crippen LogP contribution in [0.2, 0.25) is 0 Å². The minimum atomic E-state index is -2.72. The monoisotopic (exact) mass is 189 g/mol. The second kappa shape index (κ2) is 2.70. The summed E-state index contributed by atoms with van der Waals surface area (Å²) in [4.78, 5) is 0. The molecule has 3 unspecified atom stereocenters. The minimum Gasteiger partial charge on any atom is -0.310 e. The standard InChI is InChI=1S/C8H15NO2S/c1-6-4-7-2-3-12(10,11)5-8(7)9-6/h6-9H,2-5H2,1H3. The third kappa shape index (κ3) is 1.50. The van der Waals surface area contributed by atoms with Crippen molar-refractivity contribution in [3.05, 3.63) is 0 Å². The number of hydrogen-bond donors (Lipinski definition) is 1. The van der Waals surface area contributed by atoms with Crippen molar-refractivity contribution in [2.45, 2.75) is 31.8 Å². The van der Waals surface area contributed by atoms with Gasteiger partial charge in [0.25, 0.3) is 0 Å². The quantitative estimate of drug-likeness (QED) is 0.591. The van der Waals surface area contributed by atoms with Crippen molar-refractivity contribution in [1.29, 1.82) is 0 Å². The molecule has 2 rings (SSSR count). The van der Waals surface area contributed by atoms with Gasteiger partial charge < -0.3 is 5.32 Å². The van der Waals surface area contributed by atoms with E-state index < -0.39 is 9.84 Å². The van der Waals surface area contributed by atoms with Gasteiger partial charge in [-0.25, -0.2) is 8.42 Å². The summed E-state index contributed by atoms with van der Waals surface area (Å²) in [5.74, 6) is 1.38. The van der Waals surface area contributed by atoms with Crippen molar-refractivity contribution in [2.75, 3.05) is 11.5 Å². The summed E-state index contributed by atoms with van der Waals surface area (Å²) in [6.45, 7) is 2.13. The van der Waals surface area contributed by atoms with Crippen molar-refractivity contribution in [1.82, 2.24) is 5.32 Å². The van der Waals surface area contributed by atoms with E-state index in [0.29, 0.717) is 23.5 Å². The maximum Gasteiger partial charge on any atom is 0.151 e. The summed E-state index contributed by atoms with van der Waals surface area (Å²) < 4.78 is 22.5. The van der Waals surface area contributed by atoms with Gasteiger partial charge in [0.2, 0.25) is 0 Å². The van der Waals surface area contributed by atoms with Crippen LogP contribution < -0.4 is 5.32 Å². The average Bonchev–Trinajstić information content (AvgIpc) is 2.26. The van der Waals surface area contributed by atoms with E-state index in [0.717, 1.165) is 12.8 Å². The third-order valence-corrected chi connectivity index (χ3v) is 4.68. The molecule has 12 heavy (non-hydrogen) atoms. The second-order valence-electron chi connectivity index (χ2n) is 4.07. The molecule has 0 amide bonds. The lowest BCUT2D eigenvalue weighted by atomic mass is 9.97. The fraction of sp³-hybridized carbons (Fsp3) is 1.00.